The van der Waals surface area contributed by atoms with E-state index in [-0.39, 0.29) is 12.0 Å². The Hall–Kier alpha value is -2.04. The Bertz CT molecular complexity index is 665. The van der Waals surface area contributed by atoms with Gasteiger partial charge in [0.15, 0.2) is 0 Å². The molecule has 2 aromatic rings. The van der Waals surface area contributed by atoms with Crippen LogP contribution in [0.15, 0.2) is 29.1 Å². The topological polar surface area (TPSA) is 45.8 Å². The molecule has 1 N–H and O–H groups in total. The zero-order valence-corrected chi connectivity index (χ0v) is 11.4. The van der Waals surface area contributed by atoms with Gasteiger partial charge in [-0.2, -0.15) is 0 Å². The van der Waals surface area contributed by atoms with Crippen molar-refractivity contribution in [2.24, 2.45) is 5.92 Å². The summed E-state index contributed by atoms with van der Waals surface area (Å²) in [5, 5.41) is 0. The summed E-state index contributed by atoms with van der Waals surface area (Å²) in [5.41, 5.74) is 0.727. The van der Waals surface area contributed by atoms with Gasteiger partial charge in [0.1, 0.15) is 17.5 Å². The molecule has 3 nitrogen and oxygen atoms in total. The Balaban J connectivity index is 2.29. The van der Waals surface area contributed by atoms with Crippen molar-refractivity contribution in [3.8, 4) is 0 Å². The molecular formula is C15H16F2N2O. The number of hydrogen-bond acceptors (Lipinski definition) is 2. The monoisotopic (exact) mass is 278 g/mol. The zero-order valence-electron chi connectivity index (χ0n) is 11.4. The summed E-state index contributed by atoms with van der Waals surface area (Å²) in [6, 6.07) is 4.82. The van der Waals surface area contributed by atoms with Crippen LogP contribution in [-0.2, 0) is 12.8 Å². The van der Waals surface area contributed by atoms with Gasteiger partial charge >= 0.3 is 0 Å². The first-order valence-electron chi connectivity index (χ1n) is 6.47. The van der Waals surface area contributed by atoms with Crippen LogP contribution in [0.1, 0.15) is 30.9 Å². The standard InChI is InChI=1S/C15H16F2N2O/c1-9(2)5-12-8-15(20)19-14(18-12)6-10-3-4-11(16)7-13(10)17/h3-4,7-9H,5-6H2,1-2H3,(H,18,19,20). The Kier molecular flexibility index (Phi) is 4.27. The number of aromatic amines is 1. The van der Waals surface area contributed by atoms with E-state index in [1.54, 1.807) is 0 Å². The summed E-state index contributed by atoms with van der Waals surface area (Å²) in [6.45, 7) is 4.06. The van der Waals surface area contributed by atoms with Gasteiger partial charge in [0.05, 0.1) is 0 Å². The highest BCUT2D eigenvalue weighted by atomic mass is 19.1. The maximum absolute atomic E-state index is 13.6. The summed E-state index contributed by atoms with van der Waals surface area (Å²) in [4.78, 5) is 18.5. The van der Waals surface area contributed by atoms with Gasteiger partial charge in [0, 0.05) is 24.2 Å². The lowest BCUT2D eigenvalue weighted by atomic mass is 10.1. The first-order valence-corrected chi connectivity index (χ1v) is 6.47. The van der Waals surface area contributed by atoms with E-state index in [4.69, 9.17) is 0 Å². The molecule has 0 unspecified atom stereocenters. The van der Waals surface area contributed by atoms with Crippen LogP contribution < -0.4 is 5.56 Å². The van der Waals surface area contributed by atoms with E-state index in [0.29, 0.717) is 29.4 Å². The highest BCUT2D eigenvalue weighted by Crippen LogP contribution is 2.13. The zero-order chi connectivity index (χ0) is 14.7. The fourth-order valence-electron chi connectivity index (χ4n) is 2.02. The maximum Gasteiger partial charge on any atom is 0.251 e. The average molecular weight is 278 g/mol. The van der Waals surface area contributed by atoms with Gasteiger partial charge in [-0.1, -0.05) is 19.9 Å². The smallest absolute Gasteiger partial charge is 0.251 e. The van der Waals surface area contributed by atoms with Gasteiger partial charge in [-0.05, 0) is 24.0 Å². The first kappa shape index (κ1) is 14.4. The lowest BCUT2D eigenvalue weighted by Gasteiger charge is -2.07. The number of aromatic nitrogens is 2. The predicted molar refractivity (Wildman–Crippen MR) is 72.6 cm³/mol. The highest BCUT2D eigenvalue weighted by molar-refractivity contribution is 5.22. The van der Waals surface area contributed by atoms with Crippen molar-refractivity contribution in [1.29, 1.82) is 0 Å². The second kappa shape index (κ2) is 5.94. The molecule has 0 aliphatic heterocycles. The quantitative estimate of drug-likeness (QED) is 0.934. The second-order valence-corrected chi connectivity index (χ2v) is 5.19. The highest BCUT2D eigenvalue weighted by Gasteiger charge is 2.08. The van der Waals surface area contributed by atoms with E-state index >= 15 is 0 Å². The van der Waals surface area contributed by atoms with E-state index in [1.165, 1.54) is 18.2 Å². The Morgan fingerprint density at radius 2 is 2.00 bits per heavy atom. The van der Waals surface area contributed by atoms with Crippen LogP contribution >= 0.6 is 0 Å². The number of benzene rings is 1. The molecule has 0 spiro atoms. The molecule has 0 atom stereocenters. The molecule has 0 fully saturated rings. The Morgan fingerprint density at radius 3 is 2.65 bits per heavy atom. The third kappa shape index (κ3) is 3.73. The van der Waals surface area contributed by atoms with Crippen molar-refractivity contribution < 1.29 is 8.78 Å². The summed E-state index contributed by atoms with van der Waals surface area (Å²) < 4.78 is 26.4. The molecule has 20 heavy (non-hydrogen) atoms. The molecule has 0 amide bonds. The van der Waals surface area contributed by atoms with Crippen LogP contribution in [0.5, 0.6) is 0 Å². The number of H-pyrrole nitrogens is 1. The van der Waals surface area contributed by atoms with Gasteiger partial charge in [0.2, 0.25) is 0 Å². The summed E-state index contributed by atoms with van der Waals surface area (Å²) in [7, 11) is 0. The van der Waals surface area contributed by atoms with Crippen LogP contribution in [0.25, 0.3) is 0 Å². The Morgan fingerprint density at radius 1 is 1.25 bits per heavy atom. The number of rotatable bonds is 4. The minimum Gasteiger partial charge on any atom is -0.310 e. The molecule has 0 saturated heterocycles. The Labute approximate surface area is 115 Å². The number of halogens is 2. The molecule has 0 aliphatic carbocycles. The maximum atomic E-state index is 13.6. The predicted octanol–water partition coefficient (Wildman–Crippen LogP) is 2.84. The molecule has 2 rings (SSSR count). The van der Waals surface area contributed by atoms with Crippen LogP contribution in [0.4, 0.5) is 8.78 Å². The summed E-state index contributed by atoms with van der Waals surface area (Å²) >= 11 is 0. The van der Waals surface area contributed by atoms with Crippen LogP contribution in [-0.4, -0.2) is 9.97 Å². The summed E-state index contributed by atoms with van der Waals surface area (Å²) in [5.74, 6) is -0.499. The SMILES string of the molecule is CC(C)Cc1cc(=O)[nH]c(Cc2ccc(F)cc2F)n1. The molecule has 0 radical (unpaired) electrons. The lowest BCUT2D eigenvalue weighted by Crippen LogP contribution is -2.14. The summed E-state index contributed by atoms with van der Waals surface area (Å²) in [6.07, 6.45) is 0.816. The molecule has 5 heteroatoms. The van der Waals surface area contributed by atoms with Gasteiger partial charge in [-0.15, -0.1) is 0 Å². The lowest BCUT2D eigenvalue weighted by molar-refractivity contribution is 0.573. The van der Waals surface area contributed by atoms with Crippen LogP contribution in [0.2, 0.25) is 0 Å². The third-order valence-electron chi connectivity index (χ3n) is 2.83. The number of hydrogen-bond donors (Lipinski definition) is 1. The normalized spacial score (nSPS) is 11.1. The van der Waals surface area contributed by atoms with E-state index < -0.39 is 11.6 Å². The molecule has 1 heterocycles. The van der Waals surface area contributed by atoms with Crippen LogP contribution in [0, 0.1) is 17.6 Å². The fourth-order valence-corrected chi connectivity index (χ4v) is 2.02. The third-order valence-corrected chi connectivity index (χ3v) is 2.83. The van der Waals surface area contributed by atoms with Gasteiger partial charge < -0.3 is 4.98 Å². The van der Waals surface area contributed by atoms with E-state index in [2.05, 4.69) is 9.97 Å². The van der Waals surface area contributed by atoms with E-state index in [1.807, 2.05) is 13.8 Å². The molecule has 0 bridgehead atoms. The van der Waals surface area contributed by atoms with Crippen LogP contribution in [0.3, 0.4) is 0 Å². The molecular weight excluding hydrogens is 262 g/mol. The van der Waals surface area contributed by atoms with Crippen molar-refractivity contribution in [3.05, 3.63) is 63.3 Å². The van der Waals surface area contributed by atoms with Gasteiger partial charge in [-0.25, -0.2) is 13.8 Å². The van der Waals surface area contributed by atoms with Gasteiger partial charge in [0.25, 0.3) is 5.56 Å². The average Bonchev–Trinajstić information content (AvgIpc) is 2.31. The first-order chi connectivity index (χ1) is 9.44. The van der Waals surface area contributed by atoms with Crippen molar-refractivity contribution >= 4 is 0 Å². The fraction of sp³-hybridized carbons (Fsp3) is 0.333. The van der Waals surface area contributed by atoms with Gasteiger partial charge in [-0.3, -0.25) is 4.79 Å². The molecule has 1 aromatic carbocycles. The second-order valence-electron chi connectivity index (χ2n) is 5.19. The van der Waals surface area contributed by atoms with Crippen molar-refractivity contribution in [1.82, 2.24) is 9.97 Å². The molecule has 1 aromatic heterocycles. The number of nitrogens with zero attached hydrogens (tertiary/aromatic N) is 1. The van der Waals surface area contributed by atoms with Crippen molar-refractivity contribution in [2.45, 2.75) is 26.7 Å². The van der Waals surface area contributed by atoms with E-state index in [0.717, 1.165) is 6.07 Å². The molecule has 106 valence electrons. The van der Waals surface area contributed by atoms with Crippen molar-refractivity contribution in [2.75, 3.05) is 0 Å². The van der Waals surface area contributed by atoms with E-state index in [9.17, 15) is 13.6 Å². The minimum atomic E-state index is -0.637. The van der Waals surface area contributed by atoms with Crippen molar-refractivity contribution in [3.63, 3.8) is 0 Å². The largest absolute Gasteiger partial charge is 0.310 e. The molecule has 0 saturated carbocycles. The molecule has 0 aliphatic rings. The minimum absolute atomic E-state index is 0.132. The number of nitrogens with one attached hydrogen (secondary N) is 1.